The lowest BCUT2D eigenvalue weighted by atomic mass is 9.92. The van der Waals surface area contributed by atoms with E-state index in [-0.39, 0.29) is 18.2 Å². The highest BCUT2D eigenvalue weighted by Gasteiger charge is 2.55. The van der Waals surface area contributed by atoms with E-state index in [1.165, 1.54) is 30.3 Å². The van der Waals surface area contributed by atoms with E-state index in [4.69, 9.17) is 10.5 Å². The van der Waals surface area contributed by atoms with Crippen molar-refractivity contribution in [2.75, 3.05) is 13.2 Å². The molecule has 2 aromatic rings. The van der Waals surface area contributed by atoms with E-state index in [0.29, 0.717) is 16.9 Å². The van der Waals surface area contributed by atoms with Crippen LogP contribution in [-0.2, 0) is 5.60 Å². The zero-order chi connectivity index (χ0) is 18.4. The first kappa shape index (κ1) is 17.6. The number of benzene rings is 1. The predicted octanol–water partition coefficient (Wildman–Crippen LogP) is 3.09. The third-order valence-electron chi connectivity index (χ3n) is 4.32. The lowest BCUT2D eigenvalue weighted by molar-refractivity contribution is -0.263. The smallest absolute Gasteiger partial charge is 0.424 e. The Balaban J connectivity index is 2.24. The number of aromatic nitrogens is 1. The molecule has 0 aliphatic carbocycles. The molecular weight excluding hydrogens is 340 g/mol. The van der Waals surface area contributed by atoms with Crippen molar-refractivity contribution in [3.05, 3.63) is 47.4 Å². The lowest BCUT2D eigenvalue weighted by Crippen LogP contribution is -2.49. The zero-order valence-corrected chi connectivity index (χ0v) is 13.3. The Morgan fingerprint density at radius 3 is 2.48 bits per heavy atom. The van der Waals surface area contributed by atoms with Crippen molar-refractivity contribution in [1.29, 1.82) is 0 Å². The predicted molar refractivity (Wildman–Crippen MR) is 82.5 cm³/mol. The summed E-state index contributed by atoms with van der Waals surface area (Å²) < 4.78 is 58.9. The van der Waals surface area contributed by atoms with Gasteiger partial charge in [0.15, 0.2) is 0 Å². The number of halogens is 4. The van der Waals surface area contributed by atoms with E-state index in [0.717, 1.165) is 0 Å². The molecule has 3 N–H and O–H groups in total. The second-order valence-corrected chi connectivity index (χ2v) is 6.06. The van der Waals surface area contributed by atoms with Crippen LogP contribution in [0.25, 0.3) is 11.3 Å². The summed E-state index contributed by atoms with van der Waals surface area (Å²) in [5, 5.41) is 10.1. The molecular formula is C17H16F4N2O2. The number of pyridine rings is 1. The minimum Gasteiger partial charge on any atom is -0.490 e. The van der Waals surface area contributed by atoms with Gasteiger partial charge >= 0.3 is 6.18 Å². The molecule has 0 amide bonds. The molecule has 0 saturated carbocycles. The fourth-order valence-corrected chi connectivity index (χ4v) is 2.75. The number of hydrogen-bond donors (Lipinski definition) is 2. The number of fused-ring (bicyclic) bond motifs is 1. The van der Waals surface area contributed by atoms with Crippen LogP contribution in [0.1, 0.15) is 24.1 Å². The topological polar surface area (TPSA) is 68.4 Å². The van der Waals surface area contributed by atoms with Gasteiger partial charge in [0.1, 0.15) is 17.3 Å². The number of nitrogens with zero attached hydrogens (tertiary/aromatic N) is 1. The Morgan fingerprint density at radius 2 is 1.92 bits per heavy atom. The van der Waals surface area contributed by atoms with Gasteiger partial charge in [-0.2, -0.15) is 13.2 Å². The molecule has 0 radical (unpaired) electrons. The summed E-state index contributed by atoms with van der Waals surface area (Å²) in [7, 11) is 0. The van der Waals surface area contributed by atoms with Gasteiger partial charge in [-0.05, 0) is 30.3 Å². The van der Waals surface area contributed by atoms with Crippen LogP contribution in [0.3, 0.4) is 0 Å². The first-order valence-electron chi connectivity index (χ1n) is 7.60. The molecule has 0 saturated heterocycles. The molecule has 1 aliphatic rings. The van der Waals surface area contributed by atoms with E-state index in [2.05, 4.69) is 4.98 Å². The molecule has 1 aromatic carbocycles. The van der Waals surface area contributed by atoms with Crippen molar-refractivity contribution < 1.29 is 27.4 Å². The molecule has 2 heterocycles. The number of aliphatic hydroxyl groups is 1. The average molecular weight is 356 g/mol. The summed E-state index contributed by atoms with van der Waals surface area (Å²) in [6.07, 6.45) is -4.99. The minimum absolute atomic E-state index is 0.118. The number of nitrogens with two attached hydrogens (primary N) is 1. The maximum absolute atomic E-state index is 13.4. The van der Waals surface area contributed by atoms with E-state index < -0.39 is 29.8 Å². The summed E-state index contributed by atoms with van der Waals surface area (Å²) in [6, 6.07) is 6.31. The maximum atomic E-state index is 13.4. The van der Waals surface area contributed by atoms with Crippen LogP contribution in [0.4, 0.5) is 17.6 Å². The molecule has 3 rings (SSSR count). The number of ether oxygens (including phenoxy) is 1. The van der Waals surface area contributed by atoms with Crippen LogP contribution in [-0.4, -0.2) is 29.4 Å². The summed E-state index contributed by atoms with van der Waals surface area (Å²) in [5.41, 5.74) is 2.35. The summed E-state index contributed by atoms with van der Waals surface area (Å²) in [6.45, 7) is 1.00. The van der Waals surface area contributed by atoms with E-state index >= 15 is 0 Å². The van der Waals surface area contributed by atoms with Gasteiger partial charge in [-0.25, -0.2) is 9.37 Å². The van der Waals surface area contributed by atoms with Crippen molar-refractivity contribution >= 4 is 0 Å². The Kier molecular flexibility index (Phi) is 4.20. The van der Waals surface area contributed by atoms with Gasteiger partial charge in [0, 0.05) is 23.6 Å². The molecule has 0 spiro atoms. The first-order valence-corrected chi connectivity index (χ1v) is 7.60. The molecule has 134 valence electrons. The average Bonchev–Trinajstić information content (AvgIpc) is 2.94. The highest BCUT2D eigenvalue weighted by molar-refractivity contribution is 5.70. The number of rotatable bonds is 3. The lowest BCUT2D eigenvalue weighted by Gasteiger charge is -2.29. The third kappa shape index (κ3) is 2.85. The second kappa shape index (κ2) is 5.96. The molecule has 4 nitrogen and oxygen atoms in total. The molecule has 0 unspecified atom stereocenters. The fraction of sp³-hybridized carbons (Fsp3) is 0.353. The highest BCUT2D eigenvalue weighted by Crippen LogP contribution is 2.45. The fourth-order valence-electron chi connectivity index (χ4n) is 2.75. The van der Waals surface area contributed by atoms with Gasteiger partial charge in [0.2, 0.25) is 5.60 Å². The summed E-state index contributed by atoms with van der Waals surface area (Å²) in [5.74, 6) is -0.324. The summed E-state index contributed by atoms with van der Waals surface area (Å²) >= 11 is 0. The van der Waals surface area contributed by atoms with Crippen LogP contribution in [0.2, 0.25) is 0 Å². The zero-order valence-electron chi connectivity index (χ0n) is 13.3. The summed E-state index contributed by atoms with van der Waals surface area (Å²) in [4.78, 5) is 3.99. The molecule has 1 aromatic heterocycles. The van der Waals surface area contributed by atoms with Gasteiger partial charge in [-0.15, -0.1) is 0 Å². The van der Waals surface area contributed by atoms with Crippen LogP contribution >= 0.6 is 0 Å². The maximum Gasteiger partial charge on any atom is 0.424 e. The first-order chi connectivity index (χ1) is 11.7. The SMILES string of the molecule is C[C@@H]1COc2c1cc([C@@](O)(CN)C(F)(F)F)nc2-c1ccc(F)cc1. The van der Waals surface area contributed by atoms with Crippen molar-refractivity contribution in [1.82, 2.24) is 4.98 Å². The number of alkyl halides is 3. The van der Waals surface area contributed by atoms with E-state index in [9.17, 15) is 22.7 Å². The molecule has 2 atom stereocenters. The monoisotopic (exact) mass is 356 g/mol. The quantitative estimate of drug-likeness (QED) is 0.830. The van der Waals surface area contributed by atoms with E-state index in [1.807, 2.05) is 0 Å². The van der Waals surface area contributed by atoms with Crippen molar-refractivity contribution in [3.63, 3.8) is 0 Å². The minimum atomic E-state index is -4.99. The Morgan fingerprint density at radius 1 is 1.28 bits per heavy atom. The van der Waals surface area contributed by atoms with Gasteiger partial charge in [0.05, 0.1) is 12.3 Å². The molecule has 0 fully saturated rings. The van der Waals surface area contributed by atoms with E-state index in [1.54, 1.807) is 6.92 Å². The van der Waals surface area contributed by atoms with Gasteiger partial charge in [0.25, 0.3) is 0 Å². The molecule has 1 aliphatic heterocycles. The molecule has 8 heteroatoms. The van der Waals surface area contributed by atoms with Crippen LogP contribution in [0.5, 0.6) is 5.75 Å². The second-order valence-electron chi connectivity index (χ2n) is 6.06. The van der Waals surface area contributed by atoms with Crippen molar-refractivity contribution in [2.45, 2.75) is 24.6 Å². The van der Waals surface area contributed by atoms with Crippen molar-refractivity contribution in [2.24, 2.45) is 5.73 Å². The van der Waals surface area contributed by atoms with Crippen LogP contribution in [0.15, 0.2) is 30.3 Å². The largest absolute Gasteiger partial charge is 0.490 e. The highest BCUT2D eigenvalue weighted by atomic mass is 19.4. The third-order valence-corrected chi connectivity index (χ3v) is 4.32. The standard InChI is InChI=1S/C17H16F4N2O2/c1-9-7-25-15-12(9)6-13(16(24,8-22)17(19,20)21)23-14(15)10-2-4-11(18)5-3-10/h2-6,9,24H,7-8,22H2,1H3/t9-,16+/m1/s1. The van der Waals surface area contributed by atoms with Crippen molar-refractivity contribution in [3.8, 4) is 17.0 Å². The normalized spacial score (nSPS) is 19.2. The van der Waals surface area contributed by atoms with Crippen LogP contribution in [0, 0.1) is 5.82 Å². The van der Waals surface area contributed by atoms with Gasteiger partial charge < -0.3 is 15.6 Å². The molecule has 25 heavy (non-hydrogen) atoms. The molecule has 0 bridgehead atoms. The van der Waals surface area contributed by atoms with Crippen LogP contribution < -0.4 is 10.5 Å². The Hall–Kier alpha value is -2.19. The Labute approximate surface area is 141 Å². The van der Waals surface area contributed by atoms with Gasteiger partial charge in [-0.3, -0.25) is 0 Å². The van der Waals surface area contributed by atoms with Gasteiger partial charge in [-0.1, -0.05) is 6.92 Å². The Bertz CT molecular complexity index is 792. The number of hydrogen-bond acceptors (Lipinski definition) is 4.